The molecule has 0 aliphatic heterocycles. The monoisotopic (exact) mass is 192 g/mol. The molecule has 1 saturated carbocycles. The van der Waals surface area contributed by atoms with Crippen molar-refractivity contribution in [1.82, 2.24) is 4.98 Å². The fourth-order valence-corrected chi connectivity index (χ4v) is 1.21. The summed E-state index contributed by atoms with van der Waals surface area (Å²) in [6.07, 6.45) is 4.78. The minimum Gasteiger partial charge on any atom is -0.486 e. The Morgan fingerprint density at radius 2 is 2.43 bits per heavy atom. The van der Waals surface area contributed by atoms with Gasteiger partial charge in [0.25, 0.3) is 0 Å². The first-order chi connectivity index (χ1) is 6.85. The Bertz CT molecular complexity index is 348. The van der Waals surface area contributed by atoms with Crippen LogP contribution in [0.1, 0.15) is 23.2 Å². The Hall–Kier alpha value is -1.58. The molecule has 1 aliphatic rings. The van der Waals surface area contributed by atoms with Gasteiger partial charge in [0.05, 0.1) is 11.7 Å². The van der Waals surface area contributed by atoms with Crippen LogP contribution in [0.4, 0.5) is 5.82 Å². The van der Waals surface area contributed by atoms with Crippen molar-refractivity contribution in [2.75, 3.05) is 12.4 Å². The molecular weight excluding hydrogens is 180 g/mol. The van der Waals surface area contributed by atoms with Gasteiger partial charge in [-0.2, -0.15) is 0 Å². The predicted octanol–water partition coefficient (Wildman–Crippen LogP) is 1.48. The fraction of sp³-hybridized carbons (Fsp3) is 0.400. The summed E-state index contributed by atoms with van der Waals surface area (Å²) in [5.74, 6) is 1.20. The summed E-state index contributed by atoms with van der Waals surface area (Å²) in [5.41, 5.74) is 0.552. The van der Waals surface area contributed by atoms with Crippen molar-refractivity contribution < 1.29 is 9.53 Å². The highest BCUT2D eigenvalue weighted by Gasteiger charge is 2.26. The molecule has 0 atom stereocenters. The summed E-state index contributed by atoms with van der Waals surface area (Å²) in [5, 5.41) is 2.91. The molecule has 14 heavy (non-hydrogen) atoms. The highest BCUT2D eigenvalue weighted by Crippen LogP contribution is 2.32. The Labute approximate surface area is 82.3 Å². The number of nitrogens with one attached hydrogen (secondary N) is 1. The van der Waals surface area contributed by atoms with Crippen molar-refractivity contribution in [1.29, 1.82) is 0 Å². The van der Waals surface area contributed by atoms with Crippen molar-refractivity contribution in [2.24, 2.45) is 0 Å². The maximum absolute atomic E-state index is 10.8. The number of rotatable bonds is 4. The number of aromatic nitrogens is 1. The topological polar surface area (TPSA) is 51.2 Å². The van der Waals surface area contributed by atoms with Gasteiger partial charge in [0, 0.05) is 13.2 Å². The van der Waals surface area contributed by atoms with Gasteiger partial charge in [0.2, 0.25) is 0 Å². The zero-order valence-electron chi connectivity index (χ0n) is 7.99. The van der Waals surface area contributed by atoms with E-state index in [-0.39, 0.29) is 6.10 Å². The molecule has 0 spiro atoms. The van der Waals surface area contributed by atoms with Gasteiger partial charge < -0.3 is 10.1 Å². The van der Waals surface area contributed by atoms with Crippen LogP contribution in [0.3, 0.4) is 0 Å². The maximum atomic E-state index is 10.8. The number of ether oxygens (including phenoxy) is 1. The number of carbonyl (C=O) groups excluding carboxylic acids is 1. The fourth-order valence-electron chi connectivity index (χ4n) is 1.21. The molecule has 0 amide bonds. The number of anilines is 1. The van der Waals surface area contributed by atoms with Crippen LogP contribution in [0.25, 0.3) is 0 Å². The molecule has 0 unspecified atom stereocenters. The highest BCUT2D eigenvalue weighted by atomic mass is 16.5. The minimum atomic E-state index is 0.269. The van der Waals surface area contributed by atoms with Gasteiger partial charge >= 0.3 is 0 Å². The summed E-state index contributed by atoms with van der Waals surface area (Å²) in [6.45, 7) is 0. The number of hydrogen-bond donors (Lipinski definition) is 1. The number of aldehydes is 1. The first-order valence-electron chi connectivity index (χ1n) is 4.63. The molecule has 4 heteroatoms. The van der Waals surface area contributed by atoms with Crippen molar-refractivity contribution >= 4 is 12.1 Å². The molecule has 0 aromatic carbocycles. The van der Waals surface area contributed by atoms with E-state index >= 15 is 0 Å². The van der Waals surface area contributed by atoms with Crippen LogP contribution in [0.5, 0.6) is 5.75 Å². The Morgan fingerprint density at radius 1 is 1.64 bits per heavy atom. The molecule has 74 valence electrons. The normalized spacial score (nSPS) is 14.9. The first kappa shape index (κ1) is 8.99. The van der Waals surface area contributed by atoms with Gasteiger partial charge in [-0.05, 0) is 18.9 Å². The van der Waals surface area contributed by atoms with E-state index < -0.39 is 0 Å². The summed E-state index contributed by atoms with van der Waals surface area (Å²) >= 11 is 0. The summed E-state index contributed by atoms with van der Waals surface area (Å²) < 4.78 is 5.61. The Balaban J connectivity index is 2.33. The number of hydrogen-bond acceptors (Lipinski definition) is 4. The Kier molecular flexibility index (Phi) is 2.35. The van der Waals surface area contributed by atoms with Crippen LogP contribution >= 0.6 is 0 Å². The molecule has 2 rings (SSSR count). The second-order valence-electron chi connectivity index (χ2n) is 3.26. The van der Waals surface area contributed by atoms with E-state index in [1.807, 2.05) is 0 Å². The standard InChI is InChI=1S/C10H12N2O2/c1-11-10-9(14-8-2-3-8)7(6-13)4-5-12-10/h4-6,8H,2-3H2,1H3,(H,11,12). The van der Waals surface area contributed by atoms with Gasteiger partial charge in [-0.1, -0.05) is 0 Å². The van der Waals surface area contributed by atoms with Crippen molar-refractivity contribution in [3.63, 3.8) is 0 Å². The van der Waals surface area contributed by atoms with E-state index in [0.717, 1.165) is 19.1 Å². The van der Waals surface area contributed by atoms with Gasteiger partial charge in [0.1, 0.15) is 0 Å². The lowest BCUT2D eigenvalue weighted by Crippen LogP contribution is -2.04. The lowest BCUT2D eigenvalue weighted by atomic mass is 10.2. The van der Waals surface area contributed by atoms with Gasteiger partial charge in [-0.25, -0.2) is 4.98 Å². The molecule has 1 aliphatic carbocycles. The van der Waals surface area contributed by atoms with Gasteiger partial charge in [0.15, 0.2) is 17.9 Å². The molecule has 1 N–H and O–H groups in total. The molecule has 1 fully saturated rings. The van der Waals surface area contributed by atoms with Crippen molar-refractivity contribution in [2.45, 2.75) is 18.9 Å². The van der Waals surface area contributed by atoms with E-state index in [9.17, 15) is 4.79 Å². The predicted molar refractivity (Wildman–Crippen MR) is 52.8 cm³/mol. The van der Waals surface area contributed by atoms with Crippen LogP contribution in [0, 0.1) is 0 Å². The smallest absolute Gasteiger partial charge is 0.172 e. The third-order valence-corrected chi connectivity index (χ3v) is 2.11. The lowest BCUT2D eigenvalue weighted by Gasteiger charge is -2.10. The maximum Gasteiger partial charge on any atom is 0.172 e. The van der Waals surface area contributed by atoms with E-state index in [2.05, 4.69) is 10.3 Å². The van der Waals surface area contributed by atoms with E-state index in [1.165, 1.54) is 0 Å². The number of pyridine rings is 1. The zero-order valence-corrected chi connectivity index (χ0v) is 7.99. The molecule has 1 heterocycles. The average molecular weight is 192 g/mol. The van der Waals surface area contributed by atoms with Crippen LogP contribution in [-0.2, 0) is 0 Å². The number of carbonyl (C=O) groups is 1. The summed E-state index contributed by atoms with van der Waals surface area (Å²) in [7, 11) is 1.76. The second kappa shape index (κ2) is 3.65. The largest absolute Gasteiger partial charge is 0.486 e. The SMILES string of the molecule is CNc1nccc(C=O)c1OC1CC1. The lowest BCUT2D eigenvalue weighted by molar-refractivity contribution is 0.111. The molecule has 0 bridgehead atoms. The molecule has 4 nitrogen and oxygen atoms in total. The average Bonchev–Trinajstić information content (AvgIpc) is 3.02. The molecule has 0 radical (unpaired) electrons. The summed E-state index contributed by atoms with van der Waals surface area (Å²) in [4.78, 5) is 14.9. The molecule has 0 saturated heterocycles. The molecule has 1 aromatic rings. The first-order valence-corrected chi connectivity index (χ1v) is 4.63. The Morgan fingerprint density at radius 3 is 3.00 bits per heavy atom. The number of nitrogens with zero attached hydrogens (tertiary/aromatic N) is 1. The van der Waals surface area contributed by atoms with Crippen LogP contribution in [-0.4, -0.2) is 24.4 Å². The van der Waals surface area contributed by atoms with Gasteiger partial charge in [-0.15, -0.1) is 0 Å². The summed E-state index contributed by atoms with van der Waals surface area (Å²) in [6, 6.07) is 1.66. The van der Waals surface area contributed by atoms with Crippen molar-refractivity contribution in [3.05, 3.63) is 17.8 Å². The van der Waals surface area contributed by atoms with Crippen molar-refractivity contribution in [3.8, 4) is 5.75 Å². The zero-order chi connectivity index (χ0) is 9.97. The van der Waals surface area contributed by atoms with Crippen LogP contribution in [0.15, 0.2) is 12.3 Å². The highest BCUT2D eigenvalue weighted by molar-refractivity contribution is 5.82. The third-order valence-electron chi connectivity index (χ3n) is 2.11. The van der Waals surface area contributed by atoms with E-state index in [4.69, 9.17) is 4.74 Å². The second-order valence-corrected chi connectivity index (χ2v) is 3.26. The quantitative estimate of drug-likeness (QED) is 0.734. The van der Waals surface area contributed by atoms with Crippen LogP contribution < -0.4 is 10.1 Å². The van der Waals surface area contributed by atoms with Crippen LogP contribution in [0.2, 0.25) is 0 Å². The molecular formula is C10H12N2O2. The third kappa shape index (κ3) is 1.69. The van der Waals surface area contributed by atoms with E-state index in [0.29, 0.717) is 17.1 Å². The van der Waals surface area contributed by atoms with Gasteiger partial charge in [-0.3, -0.25) is 4.79 Å². The van der Waals surface area contributed by atoms with E-state index in [1.54, 1.807) is 19.3 Å². The minimum absolute atomic E-state index is 0.269. The molecule has 1 aromatic heterocycles.